The quantitative estimate of drug-likeness (QED) is 0.896. The van der Waals surface area contributed by atoms with Gasteiger partial charge in [0.15, 0.2) is 0 Å². The van der Waals surface area contributed by atoms with Gasteiger partial charge in [-0.1, -0.05) is 0 Å². The lowest BCUT2D eigenvalue weighted by atomic mass is 9.85. The molecule has 0 saturated carbocycles. The summed E-state index contributed by atoms with van der Waals surface area (Å²) < 4.78 is 0. The second kappa shape index (κ2) is 4.93. The Balaban J connectivity index is 1.65. The van der Waals surface area contributed by atoms with E-state index in [9.17, 15) is 4.79 Å². The number of aromatic nitrogens is 1. The predicted octanol–water partition coefficient (Wildman–Crippen LogP) is 1.65. The molecule has 1 aromatic rings. The van der Waals surface area contributed by atoms with Crippen LogP contribution in [-0.4, -0.2) is 34.8 Å². The molecule has 0 aromatic carbocycles. The SMILES string of the molecule is CN1C2CCC1CC(C(=O)Cc1ccnc(N)c1)C2. The minimum atomic E-state index is 0.239. The number of anilines is 1. The fraction of sp³-hybridized carbons (Fsp3) is 0.600. The second-order valence-corrected chi connectivity index (χ2v) is 5.95. The molecule has 102 valence electrons. The molecule has 2 aliphatic rings. The Morgan fingerprint density at radius 1 is 1.42 bits per heavy atom. The van der Waals surface area contributed by atoms with Crippen molar-refractivity contribution in [1.29, 1.82) is 0 Å². The lowest BCUT2D eigenvalue weighted by molar-refractivity contribution is -0.124. The number of nitrogen functional groups attached to an aromatic ring is 1. The van der Waals surface area contributed by atoms with E-state index in [0.717, 1.165) is 18.4 Å². The number of rotatable bonds is 3. The topological polar surface area (TPSA) is 59.2 Å². The van der Waals surface area contributed by atoms with Gasteiger partial charge < -0.3 is 10.6 Å². The maximum absolute atomic E-state index is 12.4. The summed E-state index contributed by atoms with van der Waals surface area (Å²) in [7, 11) is 2.20. The number of carbonyl (C=O) groups is 1. The van der Waals surface area contributed by atoms with E-state index in [-0.39, 0.29) is 5.92 Å². The van der Waals surface area contributed by atoms with E-state index in [4.69, 9.17) is 5.73 Å². The van der Waals surface area contributed by atoms with Gasteiger partial charge >= 0.3 is 0 Å². The Morgan fingerprint density at radius 2 is 2.11 bits per heavy atom. The molecule has 2 unspecified atom stereocenters. The number of pyridine rings is 1. The second-order valence-electron chi connectivity index (χ2n) is 5.95. The van der Waals surface area contributed by atoms with Crippen LogP contribution in [0, 0.1) is 5.92 Å². The van der Waals surface area contributed by atoms with Crippen LogP contribution in [-0.2, 0) is 11.2 Å². The minimum absolute atomic E-state index is 0.239. The maximum Gasteiger partial charge on any atom is 0.140 e. The van der Waals surface area contributed by atoms with Gasteiger partial charge in [-0.3, -0.25) is 4.79 Å². The first-order valence-electron chi connectivity index (χ1n) is 7.08. The van der Waals surface area contributed by atoms with Crippen molar-refractivity contribution in [2.75, 3.05) is 12.8 Å². The molecule has 0 amide bonds. The van der Waals surface area contributed by atoms with E-state index in [2.05, 4.69) is 16.9 Å². The molecular weight excluding hydrogens is 238 g/mol. The smallest absolute Gasteiger partial charge is 0.140 e. The van der Waals surface area contributed by atoms with E-state index >= 15 is 0 Å². The number of Topliss-reactive ketones (excluding diaryl/α,β-unsaturated/α-hetero) is 1. The summed E-state index contributed by atoms with van der Waals surface area (Å²) in [6.07, 6.45) is 6.76. The molecule has 0 spiro atoms. The predicted molar refractivity (Wildman–Crippen MR) is 74.7 cm³/mol. The molecule has 1 aromatic heterocycles. The number of ketones is 1. The molecule has 19 heavy (non-hydrogen) atoms. The van der Waals surface area contributed by atoms with Crippen molar-refractivity contribution in [1.82, 2.24) is 9.88 Å². The van der Waals surface area contributed by atoms with Crippen LogP contribution in [0.2, 0.25) is 0 Å². The van der Waals surface area contributed by atoms with Crippen molar-refractivity contribution in [3.63, 3.8) is 0 Å². The van der Waals surface area contributed by atoms with Crippen molar-refractivity contribution in [3.8, 4) is 0 Å². The molecule has 4 heteroatoms. The number of carbonyl (C=O) groups excluding carboxylic acids is 1. The fourth-order valence-corrected chi connectivity index (χ4v) is 3.62. The molecule has 2 N–H and O–H groups in total. The molecule has 3 heterocycles. The van der Waals surface area contributed by atoms with E-state index in [1.165, 1.54) is 12.8 Å². The van der Waals surface area contributed by atoms with Gasteiger partial charge in [0.25, 0.3) is 0 Å². The number of piperidine rings is 1. The van der Waals surface area contributed by atoms with Crippen molar-refractivity contribution in [2.24, 2.45) is 5.92 Å². The minimum Gasteiger partial charge on any atom is -0.384 e. The Morgan fingerprint density at radius 3 is 2.74 bits per heavy atom. The third-order valence-electron chi connectivity index (χ3n) is 4.78. The largest absolute Gasteiger partial charge is 0.384 e. The van der Waals surface area contributed by atoms with Gasteiger partial charge in [-0.2, -0.15) is 0 Å². The maximum atomic E-state index is 12.4. The third-order valence-corrected chi connectivity index (χ3v) is 4.78. The Kier molecular flexibility index (Phi) is 3.27. The van der Waals surface area contributed by atoms with Crippen molar-refractivity contribution < 1.29 is 4.79 Å². The van der Waals surface area contributed by atoms with E-state index < -0.39 is 0 Å². The zero-order valence-corrected chi connectivity index (χ0v) is 11.4. The molecule has 0 radical (unpaired) electrons. The molecule has 3 rings (SSSR count). The van der Waals surface area contributed by atoms with Crippen LogP contribution >= 0.6 is 0 Å². The normalized spacial score (nSPS) is 30.5. The fourth-order valence-electron chi connectivity index (χ4n) is 3.62. The number of fused-ring (bicyclic) bond motifs is 2. The van der Waals surface area contributed by atoms with Gasteiger partial charge in [0.1, 0.15) is 11.6 Å². The van der Waals surface area contributed by atoms with Crippen LogP contribution in [0.15, 0.2) is 18.3 Å². The molecular formula is C15H21N3O. The van der Waals surface area contributed by atoms with E-state index in [1.54, 1.807) is 6.20 Å². The summed E-state index contributed by atoms with van der Waals surface area (Å²) in [5.74, 6) is 1.10. The highest BCUT2D eigenvalue weighted by Gasteiger charge is 2.40. The number of hydrogen-bond acceptors (Lipinski definition) is 4. The Hall–Kier alpha value is -1.42. The number of nitrogens with two attached hydrogens (primary N) is 1. The average molecular weight is 259 g/mol. The summed E-state index contributed by atoms with van der Waals surface area (Å²) in [6.45, 7) is 0. The lowest BCUT2D eigenvalue weighted by Gasteiger charge is -2.35. The molecule has 4 nitrogen and oxygen atoms in total. The number of hydrogen-bond donors (Lipinski definition) is 1. The summed E-state index contributed by atoms with van der Waals surface area (Å²) in [5.41, 5.74) is 6.65. The molecule has 2 bridgehead atoms. The van der Waals surface area contributed by atoms with Crippen molar-refractivity contribution in [2.45, 2.75) is 44.2 Å². The lowest BCUT2D eigenvalue weighted by Crippen LogP contribution is -2.42. The highest BCUT2D eigenvalue weighted by atomic mass is 16.1. The molecule has 2 atom stereocenters. The molecule has 2 fully saturated rings. The summed E-state index contributed by atoms with van der Waals surface area (Å²) in [6, 6.07) is 4.93. The van der Waals surface area contributed by atoms with Crippen LogP contribution in [0.3, 0.4) is 0 Å². The van der Waals surface area contributed by atoms with E-state index in [1.807, 2.05) is 12.1 Å². The number of nitrogens with zero attached hydrogens (tertiary/aromatic N) is 2. The molecule has 2 saturated heterocycles. The van der Waals surface area contributed by atoms with Gasteiger partial charge in [-0.05, 0) is 50.4 Å². The van der Waals surface area contributed by atoms with Gasteiger partial charge in [0.05, 0.1) is 0 Å². The average Bonchev–Trinajstić information content (AvgIpc) is 2.62. The zero-order valence-electron chi connectivity index (χ0n) is 11.4. The highest BCUT2D eigenvalue weighted by Crippen LogP contribution is 2.38. The van der Waals surface area contributed by atoms with Crippen LogP contribution in [0.25, 0.3) is 0 Å². The Labute approximate surface area is 114 Å². The van der Waals surface area contributed by atoms with Crippen LogP contribution in [0.5, 0.6) is 0 Å². The first-order chi connectivity index (χ1) is 9.13. The monoisotopic (exact) mass is 259 g/mol. The standard InChI is InChI=1S/C15H21N3O/c1-18-12-2-3-13(18)9-11(8-12)14(19)6-10-4-5-17-15(16)7-10/h4-5,7,11-13H,2-3,6,8-9H2,1H3,(H2,16,17). The Bertz CT molecular complexity index is 474. The molecule has 2 aliphatic heterocycles. The van der Waals surface area contributed by atoms with Crippen molar-refractivity contribution in [3.05, 3.63) is 23.9 Å². The first kappa shape index (κ1) is 12.6. The van der Waals surface area contributed by atoms with Crippen LogP contribution in [0.1, 0.15) is 31.2 Å². The highest BCUT2D eigenvalue weighted by molar-refractivity contribution is 5.83. The van der Waals surface area contributed by atoms with Gasteiger partial charge in [-0.15, -0.1) is 0 Å². The summed E-state index contributed by atoms with van der Waals surface area (Å²) in [4.78, 5) is 18.9. The van der Waals surface area contributed by atoms with Gasteiger partial charge in [0.2, 0.25) is 0 Å². The molecule has 0 aliphatic carbocycles. The third kappa shape index (κ3) is 2.50. The van der Waals surface area contributed by atoms with Gasteiger partial charge in [0, 0.05) is 30.6 Å². The first-order valence-corrected chi connectivity index (χ1v) is 7.08. The zero-order chi connectivity index (χ0) is 13.4. The van der Waals surface area contributed by atoms with Gasteiger partial charge in [-0.25, -0.2) is 4.98 Å². The summed E-state index contributed by atoms with van der Waals surface area (Å²) in [5, 5.41) is 0. The van der Waals surface area contributed by atoms with Crippen LogP contribution < -0.4 is 5.73 Å². The van der Waals surface area contributed by atoms with Crippen molar-refractivity contribution >= 4 is 11.6 Å². The summed E-state index contributed by atoms with van der Waals surface area (Å²) >= 11 is 0. The van der Waals surface area contributed by atoms with Crippen LogP contribution in [0.4, 0.5) is 5.82 Å². The van der Waals surface area contributed by atoms with E-state index in [0.29, 0.717) is 30.1 Å².